The number of ether oxygens (including phenoxy) is 1. The number of hydrogen-bond acceptors (Lipinski definition) is 3. The van der Waals surface area contributed by atoms with E-state index >= 15 is 0 Å². The van der Waals surface area contributed by atoms with Crippen LogP contribution in [-0.4, -0.2) is 16.2 Å². The highest BCUT2D eigenvalue weighted by Gasteiger charge is 2.07. The number of hydrogen-bond donors (Lipinski definition) is 1. The second kappa shape index (κ2) is 5.64. The molecule has 1 heterocycles. The van der Waals surface area contributed by atoms with Gasteiger partial charge in [0.15, 0.2) is 11.6 Å². The summed E-state index contributed by atoms with van der Waals surface area (Å²) in [5, 5.41) is 0. The lowest BCUT2D eigenvalue weighted by atomic mass is 10.1. The predicted octanol–water partition coefficient (Wildman–Crippen LogP) is 2.12. The van der Waals surface area contributed by atoms with Crippen molar-refractivity contribution in [2.45, 2.75) is 19.5 Å². The molecule has 0 saturated heterocycles. The van der Waals surface area contributed by atoms with Gasteiger partial charge in [-0.3, -0.25) is 0 Å². The largest absolute Gasteiger partial charge is 0.489 e. The van der Waals surface area contributed by atoms with Gasteiger partial charge in [0.1, 0.15) is 6.61 Å². The Bertz CT molecular complexity index is 497. The van der Waals surface area contributed by atoms with Crippen LogP contribution in [0.3, 0.4) is 0 Å². The third-order valence-corrected chi connectivity index (χ3v) is 2.65. The van der Waals surface area contributed by atoms with E-state index in [9.17, 15) is 4.39 Å². The van der Waals surface area contributed by atoms with Crippen molar-refractivity contribution in [3.63, 3.8) is 0 Å². The highest BCUT2D eigenvalue weighted by molar-refractivity contribution is 5.30. The first kappa shape index (κ1) is 12.6. The fourth-order valence-electron chi connectivity index (χ4n) is 1.60. The van der Waals surface area contributed by atoms with Crippen molar-refractivity contribution >= 4 is 0 Å². The first-order valence-corrected chi connectivity index (χ1v) is 5.80. The third kappa shape index (κ3) is 3.07. The number of nitrogens with zero attached hydrogens (tertiary/aromatic N) is 2. The fourth-order valence-corrected chi connectivity index (χ4v) is 1.60. The van der Waals surface area contributed by atoms with Crippen molar-refractivity contribution < 1.29 is 9.13 Å². The summed E-state index contributed by atoms with van der Waals surface area (Å²) in [4.78, 5) is 3.92. The molecule has 0 aliphatic rings. The number of rotatable bonds is 5. The average Bonchev–Trinajstić information content (AvgIpc) is 2.84. The number of aromatic nitrogens is 2. The Labute approximate surface area is 105 Å². The van der Waals surface area contributed by atoms with E-state index in [1.807, 2.05) is 17.7 Å². The smallest absolute Gasteiger partial charge is 0.165 e. The monoisotopic (exact) mass is 249 g/mol. The van der Waals surface area contributed by atoms with Crippen molar-refractivity contribution in [3.05, 3.63) is 48.3 Å². The second-order valence-corrected chi connectivity index (χ2v) is 4.13. The van der Waals surface area contributed by atoms with Crippen molar-refractivity contribution in [2.24, 2.45) is 5.73 Å². The summed E-state index contributed by atoms with van der Waals surface area (Å²) >= 11 is 0. The van der Waals surface area contributed by atoms with E-state index in [2.05, 4.69) is 4.98 Å². The SMILES string of the molecule is CC(N)c1ccc(OCCn2ccnc2)c(F)c1. The molecule has 0 aliphatic heterocycles. The maximum atomic E-state index is 13.7. The van der Waals surface area contributed by atoms with Gasteiger partial charge in [-0.25, -0.2) is 9.37 Å². The molecule has 1 unspecified atom stereocenters. The lowest BCUT2D eigenvalue weighted by Crippen LogP contribution is -2.09. The zero-order valence-electron chi connectivity index (χ0n) is 10.2. The Balaban J connectivity index is 1.93. The van der Waals surface area contributed by atoms with Gasteiger partial charge in [-0.2, -0.15) is 0 Å². The van der Waals surface area contributed by atoms with Crippen LogP contribution in [0.2, 0.25) is 0 Å². The van der Waals surface area contributed by atoms with Gasteiger partial charge in [0.05, 0.1) is 12.9 Å². The Morgan fingerprint density at radius 3 is 2.94 bits per heavy atom. The van der Waals surface area contributed by atoms with Crippen molar-refractivity contribution in [1.82, 2.24) is 9.55 Å². The Kier molecular flexibility index (Phi) is 3.94. The average molecular weight is 249 g/mol. The second-order valence-electron chi connectivity index (χ2n) is 4.13. The van der Waals surface area contributed by atoms with Gasteiger partial charge in [0.25, 0.3) is 0 Å². The standard InChI is InChI=1S/C13H16FN3O/c1-10(15)11-2-3-13(12(14)8-11)18-7-6-17-5-4-16-9-17/h2-5,8-10H,6-7,15H2,1H3. The van der Waals surface area contributed by atoms with Crippen LogP contribution < -0.4 is 10.5 Å². The van der Waals surface area contributed by atoms with Gasteiger partial charge in [0.2, 0.25) is 0 Å². The Morgan fingerprint density at radius 1 is 1.50 bits per heavy atom. The summed E-state index contributed by atoms with van der Waals surface area (Å²) in [6.45, 7) is 2.84. The van der Waals surface area contributed by atoms with E-state index in [0.29, 0.717) is 13.2 Å². The van der Waals surface area contributed by atoms with Crippen LogP contribution in [0.1, 0.15) is 18.5 Å². The van der Waals surface area contributed by atoms with Gasteiger partial charge in [-0.15, -0.1) is 0 Å². The molecule has 96 valence electrons. The van der Waals surface area contributed by atoms with Crippen LogP contribution in [0.15, 0.2) is 36.9 Å². The summed E-state index contributed by atoms with van der Waals surface area (Å²) in [6.07, 6.45) is 5.22. The minimum atomic E-state index is -0.379. The van der Waals surface area contributed by atoms with Crippen LogP contribution in [-0.2, 0) is 6.54 Å². The van der Waals surface area contributed by atoms with Crippen LogP contribution in [0, 0.1) is 5.82 Å². The zero-order valence-corrected chi connectivity index (χ0v) is 10.2. The van der Waals surface area contributed by atoms with Crippen molar-refractivity contribution in [2.75, 3.05) is 6.61 Å². The maximum Gasteiger partial charge on any atom is 0.165 e. The quantitative estimate of drug-likeness (QED) is 0.883. The van der Waals surface area contributed by atoms with Gasteiger partial charge in [0, 0.05) is 18.4 Å². The zero-order chi connectivity index (χ0) is 13.0. The van der Waals surface area contributed by atoms with Crippen molar-refractivity contribution in [3.8, 4) is 5.75 Å². The molecule has 2 rings (SSSR count). The molecule has 18 heavy (non-hydrogen) atoms. The number of benzene rings is 1. The molecule has 0 saturated carbocycles. The molecule has 1 atom stereocenters. The Morgan fingerprint density at radius 2 is 2.33 bits per heavy atom. The molecule has 0 amide bonds. The molecule has 0 bridgehead atoms. The summed E-state index contributed by atoms with van der Waals surface area (Å²) in [7, 11) is 0. The minimum Gasteiger partial charge on any atom is -0.489 e. The molecular weight excluding hydrogens is 233 g/mol. The normalized spacial score (nSPS) is 12.4. The molecule has 0 radical (unpaired) electrons. The van der Waals surface area contributed by atoms with E-state index < -0.39 is 0 Å². The molecule has 1 aromatic heterocycles. The molecule has 5 heteroatoms. The molecule has 1 aromatic carbocycles. The molecule has 0 spiro atoms. The topological polar surface area (TPSA) is 53.1 Å². The van der Waals surface area contributed by atoms with Gasteiger partial charge in [-0.1, -0.05) is 6.07 Å². The maximum absolute atomic E-state index is 13.7. The number of nitrogens with two attached hydrogens (primary N) is 1. The highest BCUT2D eigenvalue weighted by atomic mass is 19.1. The summed E-state index contributed by atoms with van der Waals surface area (Å²) < 4.78 is 20.9. The lowest BCUT2D eigenvalue weighted by molar-refractivity contribution is 0.284. The van der Waals surface area contributed by atoms with E-state index in [-0.39, 0.29) is 17.6 Å². The molecule has 2 aromatic rings. The van der Waals surface area contributed by atoms with Gasteiger partial charge >= 0.3 is 0 Å². The van der Waals surface area contributed by atoms with Gasteiger partial charge < -0.3 is 15.0 Å². The number of halogens is 1. The predicted molar refractivity (Wildman–Crippen MR) is 66.7 cm³/mol. The Hall–Kier alpha value is -1.88. The fraction of sp³-hybridized carbons (Fsp3) is 0.308. The lowest BCUT2D eigenvalue weighted by Gasteiger charge is -2.10. The van der Waals surface area contributed by atoms with E-state index in [1.165, 1.54) is 6.07 Å². The summed E-state index contributed by atoms with van der Waals surface area (Å²) in [6, 6.07) is 4.62. The third-order valence-electron chi connectivity index (χ3n) is 2.65. The van der Waals surface area contributed by atoms with Crippen LogP contribution in [0.25, 0.3) is 0 Å². The first-order chi connectivity index (χ1) is 8.66. The van der Waals surface area contributed by atoms with Gasteiger partial charge in [-0.05, 0) is 24.6 Å². The van der Waals surface area contributed by atoms with Crippen LogP contribution >= 0.6 is 0 Å². The molecule has 0 aliphatic carbocycles. The van der Waals surface area contributed by atoms with E-state index in [1.54, 1.807) is 24.7 Å². The molecule has 2 N–H and O–H groups in total. The number of imidazole rings is 1. The minimum absolute atomic E-state index is 0.181. The van der Waals surface area contributed by atoms with Crippen LogP contribution in [0.5, 0.6) is 5.75 Å². The van der Waals surface area contributed by atoms with E-state index in [0.717, 1.165) is 5.56 Å². The van der Waals surface area contributed by atoms with Crippen LogP contribution in [0.4, 0.5) is 4.39 Å². The van der Waals surface area contributed by atoms with Crippen molar-refractivity contribution in [1.29, 1.82) is 0 Å². The molecule has 4 nitrogen and oxygen atoms in total. The highest BCUT2D eigenvalue weighted by Crippen LogP contribution is 2.21. The first-order valence-electron chi connectivity index (χ1n) is 5.80. The molecule has 0 fully saturated rings. The summed E-state index contributed by atoms with van der Waals surface area (Å²) in [5.74, 6) is -0.130. The molecular formula is C13H16FN3O. The van der Waals surface area contributed by atoms with E-state index in [4.69, 9.17) is 10.5 Å². The summed E-state index contributed by atoms with van der Waals surface area (Å²) in [5.41, 5.74) is 6.44.